The highest BCUT2D eigenvalue weighted by Gasteiger charge is 2.22. The third-order valence-electron chi connectivity index (χ3n) is 5.17. The molecule has 132 valence electrons. The molecule has 0 amide bonds. The normalized spacial score (nSPS) is 19.9. The Labute approximate surface area is 149 Å². The average molecular weight is 357 g/mol. The van der Waals surface area contributed by atoms with Crippen molar-refractivity contribution in [1.82, 2.24) is 4.72 Å². The zero-order valence-electron chi connectivity index (χ0n) is 14.2. The van der Waals surface area contributed by atoms with Gasteiger partial charge in [-0.25, -0.2) is 13.1 Å². The molecule has 1 heterocycles. The van der Waals surface area contributed by atoms with Crippen LogP contribution < -0.4 is 4.72 Å². The first-order valence-corrected chi connectivity index (χ1v) is 10.4. The van der Waals surface area contributed by atoms with Gasteiger partial charge in [-0.3, -0.25) is 0 Å². The molecule has 4 nitrogen and oxygen atoms in total. The van der Waals surface area contributed by atoms with Gasteiger partial charge < -0.3 is 4.74 Å². The third-order valence-corrected chi connectivity index (χ3v) is 6.59. The molecule has 1 aliphatic heterocycles. The summed E-state index contributed by atoms with van der Waals surface area (Å²) in [5.41, 5.74) is 4.90. The van der Waals surface area contributed by atoms with Gasteiger partial charge in [-0.2, -0.15) is 0 Å². The van der Waals surface area contributed by atoms with Crippen molar-refractivity contribution in [3.63, 3.8) is 0 Å². The van der Waals surface area contributed by atoms with E-state index < -0.39 is 10.0 Å². The molecule has 1 unspecified atom stereocenters. The summed E-state index contributed by atoms with van der Waals surface area (Å²) in [7, 11) is -3.50. The Morgan fingerprint density at radius 3 is 2.56 bits per heavy atom. The van der Waals surface area contributed by atoms with Crippen LogP contribution in [-0.2, 0) is 40.6 Å². The molecule has 0 saturated heterocycles. The predicted octanol–water partition coefficient (Wildman–Crippen LogP) is 2.99. The summed E-state index contributed by atoms with van der Waals surface area (Å²) in [6, 6.07) is 13.7. The second-order valence-corrected chi connectivity index (χ2v) is 8.66. The smallest absolute Gasteiger partial charge is 0.240 e. The highest BCUT2D eigenvalue weighted by atomic mass is 32.2. The molecule has 2 aromatic carbocycles. The monoisotopic (exact) mass is 357 g/mol. The lowest BCUT2D eigenvalue weighted by Gasteiger charge is -2.25. The zero-order valence-corrected chi connectivity index (χ0v) is 15.0. The SMILES string of the molecule is O=S(=O)(NCC1Cc2ccccc2CO1)c1ccc2c(c1)CCCC2. The van der Waals surface area contributed by atoms with Crippen molar-refractivity contribution >= 4 is 10.0 Å². The van der Waals surface area contributed by atoms with Gasteiger partial charge in [0.25, 0.3) is 0 Å². The van der Waals surface area contributed by atoms with Crippen LogP contribution in [0.3, 0.4) is 0 Å². The van der Waals surface area contributed by atoms with Crippen LogP contribution in [0.25, 0.3) is 0 Å². The zero-order chi connectivity index (χ0) is 17.3. The van der Waals surface area contributed by atoms with Crippen LogP contribution in [0.5, 0.6) is 0 Å². The van der Waals surface area contributed by atoms with Crippen LogP contribution >= 0.6 is 0 Å². The summed E-state index contributed by atoms with van der Waals surface area (Å²) in [5.74, 6) is 0. The molecule has 25 heavy (non-hydrogen) atoms. The van der Waals surface area contributed by atoms with Crippen molar-refractivity contribution in [3.05, 3.63) is 64.7 Å². The fourth-order valence-electron chi connectivity index (χ4n) is 3.70. The molecular weight excluding hydrogens is 334 g/mol. The molecular formula is C20H23NO3S. The van der Waals surface area contributed by atoms with E-state index >= 15 is 0 Å². The summed E-state index contributed by atoms with van der Waals surface area (Å²) in [4.78, 5) is 0.365. The maximum Gasteiger partial charge on any atom is 0.240 e. The summed E-state index contributed by atoms with van der Waals surface area (Å²) in [6.07, 6.45) is 4.97. The first-order chi connectivity index (χ1) is 12.1. The van der Waals surface area contributed by atoms with Gasteiger partial charge in [0.2, 0.25) is 10.0 Å². The van der Waals surface area contributed by atoms with Crippen LogP contribution in [0.1, 0.15) is 35.1 Å². The van der Waals surface area contributed by atoms with Crippen molar-refractivity contribution in [2.24, 2.45) is 0 Å². The molecule has 0 saturated carbocycles. The third kappa shape index (κ3) is 3.64. The lowest BCUT2D eigenvalue weighted by molar-refractivity contribution is 0.0322. The van der Waals surface area contributed by atoms with E-state index in [4.69, 9.17) is 4.74 Å². The fraction of sp³-hybridized carbons (Fsp3) is 0.400. The van der Waals surface area contributed by atoms with Crippen LogP contribution in [-0.4, -0.2) is 21.1 Å². The lowest BCUT2D eigenvalue weighted by Crippen LogP contribution is -2.36. The van der Waals surface area contributed by atoms with E-state index in [1.807, 2.05) is 24.3 Å². The van der Waals surface area contributed by atoms with Crippen LogP contribution in [0.4, 0.5) is 0 Å². The van der Waals surface area contributed by atoms with Gasteiger partial charge in [-0.05, 0) is 60.1 Å². The van der Waals surface area contributed by atoms with Gasteiger partial charge in [0.15, 0.2) is 0 Å². The quantitative estimate of drug-likeness (QED) is 0.915. The molecule has 2 aromatic rings. The van der Waals surface area contributed by atoms with Crippen molar-refractivity contribution in [2.75, 3.05) is 6.54 Å². The topological polar surface area (TPSA) is 55.4 Å². The first kappa shape index (κ1) is 16.8. The van der Waals surface area contributed by atoms with E-state index in [1.165, 1.54) is 28.7 Å². The summed E-state index contributed by atoms with van der Waals surface area (Å²) in [5, 5.41) is 0. The van der Waals surface area contributed by atoms with E-state index in [1.54, 1.807) is 6.07 Å². The molecule has 0 aromatic heterocycles. The van der Waals surface area contributed by atoms with E-state index in [0.29, 0.717) is 18.0 Å². The Bertz CT molecular complexity index is 876. The second kappa shape index (κ2) is 6.90. The predicted molar refractivity (Wildman–Crippen MR) is 97.0 cm³/mol. The minimum absolute atomic E-state index is 0.123. The molecule has 0 spiro atoms. The van der Waals surface area contributed by atoms with E-state index in [2.05, 4.69) is 16.9 Å². The average Bonchev–Trinajstić information content (AvgIpc) is 2.66. The number of hydrogen-bond donors (Lipinski definition) is 1. The standard InChI is InChI=1S/C20H23NO3S/c22-25(23,20-10-9-15-5-1-2-7-17(15)12-20)21-13-19-11-16-6-3-4-8-18(16)14-24-19/h3-4,6,8-10,12,19,21H,1-2,5,7,11,13-14H2. The van der Waals surface area contributed by atoms with Gasteiger partial charge in [0, 0.05) is 13.0 Å². The van der Waals surface area contributed by atoms with Gasteiger partial charge in [0.05, 0.1) is 17.6 Å². The lowest BCUT2D eigenvalue weighted by atomic mass is 9.92. The van der Waals surface area contributed by atoms with E-state index in [-0.39, 0.29) is 6.10 Å². The Hall–Kier alpha value is -1.69. The van der Waals surface area contributed by atoms with Gasteiger partial charge in [-0.1, -0.05) is 30.3 Å². The second-order valence-electron chi connectivity index (χ2n) is 6.90. The van der Waals surface area contributed by atoms with Crippen molar-refractivity contribution in [3.8, 4) is 0 Å². The van der Waals surface area contributed by atoms with Crippen LogP contribution in [0.15, 0.2) is 47.4 Å². The van der Waals surface area contributed by atoms with Crippen molar-refractivity contribution in [1.29, 1.82) is 0 Å². The molecule has 5 heteroatoms. The summed E-state index contributed by atoms with van der Waals surface area (Å²) < 4.78 is 33.8. The number of rotatable bonds is 4. The van der Waals surface area contributed by atoms with Crippen LogP contribution in [0, 0.1) is 0 Å². The fourth-order valence-corrected chi connectivity index (χ4v) is 4.82. The summed E-state index contributed by atoms with van der Waals surface area (Å²) in [6.45, 7) is 0.842. The molecule has 0 radical (unpaired) electrons. The number of fused-ring (bicyclic) bond motifs is 2. The number of benzene rings is 2. The number of sulfonamides is 1. The maximum atomic E-state index is 12.6. The molecule has 1 atom stereocenters. The Morgan fingerprint density at radius 2 is 1.72 bits per heavy atom. The molecule has 1 aliphatic carbocycles. The van der Waals surface area contributed by atoms with Gasteiger partial charge in [0.1, 0.15) is 0 Å². The minimum Gasteiger partial charge on any atom is -0.372 e. The Morgan fingerprint density at radius 1 is 0.960 bits per heavy atom. The van der Waals surface area contributed by atoms with Crippen molar-refractivity contribution in [2.45, 2.75) is 49.7 Å². The van der Waals surface area contributed by atoms with E-state index in [0.717, 1.165) is 25.7 Å². The highest BCUT2D eigenvalue weighted by molar-refractivity contribution is 7.89. The number of ether oxygens (including phenoxy) is 1. The molecule has 2 aliphatic rings. The Balaban J connectivity index is 1.44. The van der Waals surface area contributed by atoms with Gasteiger partial charge >= 0.3 is 0 Å². The molecule has 0 bridgehead atoms. The number of hydrogen-bond acceptors (Lipinski definition) is 3. The summed E-state index contributed by atoms with van der Waals surface area (Å²) >= 11 is 0. The molecule has 0 fully saturated rings. The van der Waals surface area contributed by atoms with E-state index in [9.17, 15) is 8.42 Å². The molecule has 4 rings (SSSR count). The largest absolute Gasteiger partial charge is 0.372 e. The van der Waals surface area contributed by atoms with Crippen molar-refractivity contribution < 1.29 is 13.2 Å². The number of nitrogens with one attached hydrogen (secondary N) is 1. The number of aryl methyl sites for hydroxylation is 2. The first-order valence-electron chi connectivity index (χ1n) is 8.92. The highest BCUT2D eigenvalue weighted by Crippen LogP contribution is 2.24. The Kier molecular flexibility index (Phi) is 4.63. The minimum atomic E-state index is -3.50. The maximum absolute atomic E-state index is 12.6. The molecule has 1 N–H and O–H groups in total. The van der Waals surface area contributed by atoms with Crippen LogP contribution in [0.2, 0.25) is 0 Å². The van der Waals surface area contributed by atoms with Gasteiger partial charge in [-0.15, -0.1) is 0 Å².